The summed E-state index contributed by atoms with van der Waals surface area (Å²) < 4.78 is 14.5. The number of Topliss-reactive ketones (excluding diaryl/α,β-unsaturated/α-hetero) is 1. The molecule has 0 aromatic rings. The lowest BCUT2D eigenvalue weighted by Crippen LogP contribution is -2.52. The summed E-state index contributed by atoms with van der Waals surface area (Å²) in [6.45, 7) is 7.15. The first-order chi connectivity index (χ1) is 15.5. The van der Waals surface area contributed by atoms with E-state index in [0.717, 1.165) is 11.8 Å². The van der Waals surface area contributed by atoms with Crippen molar-refractivity contribution in [2.45, 2.75) is 53.1 Å². The van der Waals surface area contributed by atoms with E-state index in [0.29, 0.717) is 0 Å². The number of amides is 2. The first-order valence-corrected chi connectivity index (χ1v) is 11.7. The van der Waals surface area contributed by atoms with Gasteiger partial charge in [0.05, 0.1) is 18.9 Å². The van der Waals surface area contributed by atoms with E-state index >= 15 is 0 Å². The van der Waals surface area contributed by atoms with Crippen LogP contribution in [0.15, 0.2) is 0 Å². The van der Waals surface area contributed by atoms with Gasteiger partial charge in [-0.15, -0.1) is 0 Å². The van der Waals surface area contributed by atoms with Crippen LogP contribution in [0.25, 0.3) is 0 Å². The Hall–Kier alpha value is -2.63. The number of esters is 1. The second-order valence-electron chi connectivity index (χ2n) is 8.08. The van der Waals surface area contributed by atoms with Crippen molar-refractivity contribution in [3.05, 3.63) is 0 Å². The Kier molecular flexibility index (Phi) is 11.9. The Balaban J connectivity index is 2.22. The fourth-order valence-corrected chi connectivity index (χ4v) is 3.56. The third kappa shape index (κ3) is 10.2. The third-order valence-electron chi connectivity index (χ3n) is 4.76. The fourth-order valence-electron chi connectivity index (χ4n) is 2.77. The topological polar surface area (TPSA) is 154 Å². The number of carbonyl (C=O) groups excluding carboxylic acids is 6. The lowest BCUT2D eigenvalue weighted by atomic mass is 9.86. The zero-order chi connectivity index (χ0) is 25.0. The summed E-state index contributed by atoms with van der Waals surface area (Å²) in [4.78, 5) is 70.8. The molecule has 1 unspecified atom stereocenters. The van der Waals surface area contributed by atoms with Crippen molar-refractivity contribution in [3.8, 4) is 0 Å². The van der Waals surface area contributed by atoms with Gasteiger partial charge in [-0.3, -0.25) is 24.0 Å². The van der Waals surface area contributed by atoms with Gasteiger partial charge in [-0.25, -0.2) is 4.79 Å². The maximum Gasteiger partial charge on any atom is 0.509 e. The molecular formula is C21H32N2O9S. The molecule has 11 nitrogen and oxygen atoms in total. The molecule has 0 aromatic carbocycles. The Morgan fingerprint density at radius 3 is 2.48 bits per heavy atom. The molecule has 0 aromatic heterocycles. The van der Waals surface area contributed by atoms with Gasteiger partial charge in [-0.2, -0.15) is 0 Å². The van der Waals surface area contributed by atoms with Crippen molar-refractivity contribution in [1.29, 1.82) is 0 Å². The highest BCUT2D eigenvalue weighted by atomic mass is 32.2. The van der Waals surface area contributed by atoms with Crippen LogP contribution in [0.5, 0.6) is 0 Å². The Morgan fingerprint density at radius 1 is 1.12 bits per heavy atom. The van der Waals surface area contributed by atoms with Crippen LogP contribution in [0.4, 0.5) is 4.79 Å². The molecule has 1 rings (SSSR count). The molecule has 186 valence electrons. The van der Waals surface area contributed by atoms with E-state index in [2.05, 4.69) is 10.6 Å². The van der Waals surface area contributed by atoms with Crippen LogP contribution in [0.2, 0.25) is 0 Å². The minimum absolute atomic E-state index is 0.00466. The summed E-state index contributed by atoms with van der Waals surface area (Å²) >= 11 is 0.926. The van der Waals surface area contributed by atoms with E-state index in [1.807, 2.05) is 0 Å². The van der Waals surface area contributed by atoms with Crippen LogP contribution in [0, 0.1) is 11.3 Å². The molecule has 1 heterocycles. The van der Waals surface area contributed by atoms with Crippen LogP contribution in [0.1, 0.15) is 47.0 Å². The van der Waals surface area contributed by atoms with Crippen LogP contribution >= 0.6 is 11.8 Å². The number of thioether (sulfide) groups is 1. The lowest BCUT2D eigenvalue weighted by Gasteiger charge is -2.35. The van der Waals surface area contributed by atoms with Gasteiger partial charge >= 0.3 is 12.1 Å². The minimum Gasteiger partial charge on any atom is -0.466 e. The van der Waals surface area contributed by atoms with Gasteiger partial charge in [0, 0.05) is 37.1 Å². The number of carbonyl (C=O) groups is 6. The molecule has 1 fully saturated rings. The summed E-state index contributed by atoms with van der Waals surface area (Å²) in [5, 5.41) is 4.85. The molecule has 2 atom stereocenters. The molecule has 12 heteroatoms. The van der Waals surface area contributed by atoms with Gasteiger partial charge in [0.25, 0.3) is 5.91 Å². The number of hydrogen-bond acceptors (Lipinski definition) is 10. The Morgan fingerprint density at radius 2 is 1.82 bits per heavy atom. The zero-order valence-corrected chi connectivity index (χ0v) is 20.2. The smallest absolute Gasteiger partial charge is 0.466 e. The predicted molar refractivity (Wildman–Crippen MR) is 118 cm³/mol. The number of ketones is 1. The van der Waals surface area contributed by atoms with Gasteiger partial charge in [0.1, 0.15) is 12.4 Å². The lowest BCUT2D eigenvalue weighted by molar-refractivity contribution is -0.149. The van der Waals surface area contributed by atoms with E-state index in [1.54, 1.807) is 20.8 Å². The van der Waals surface area contributed by atoms with Gasteiger partial charge < -0.3 is 24.8 Å². The van der Waals surface area contributed by atoms with E-state index in [-0.39, 0.29) is 68.1 Å². The minimum atomic E-state index is -1.01. The number of hydrogen-bond donors (Lipinski definition) is 2. The normalized spacial score (nSPS) is 17.7. The average Bonchev–Trinajstić information content (AvgIpc) is 2.76. The first-order valence-electron chi connectivity index (χ1n) is 10.7. The highest BCUT2D eigenvalue weighted by molar-refractivity contribution is 8.13. The molecule has 0 spiro atoms. The SMILES string of the molecule is CCOC(=O)CCC(=O)C(C)C(=O)SCCNC(=O)CCNC(=O)[C@@H]1OC(=O)OCC1(C)C. The number of ether oxygens (including phenoxy) is 3. The third-order valence-corrected chi connectivity index (χ3v) is 5.81. The van der Waals surface area contributed by atoms with Gasteiger partial charge in [0.15, 0.2) is 11.2 Å². The molecule has 0 aliphatic carbocycles. The van der Waals surface area contributed by atoms with E-state index in [1.165, 1.54) is 6.92 Å². The van der Waals surface area contributed by atoms with Crippen molar-refractivity contribution >= 4 is 46.6 Å². The Bertz CT molecular complexity index is 754. The van der Waals surface area contributed by atoms with Crippen LogP contribution in [-0.4, -0.2) is 73.0 Å². The largest absolute Gasteiger partial charge is 0.509 e. The zero-order valence-electron chi connectivity index (χ0n) is 19.4. The highest BCUT2D eigenvalue weighted by Gasteiger charge is 2.43. The fraction of sp³-hybridized carbons (Fsp3) is 0.714. The second-order valence-corrected chi connectivity index (χ2v) is 9.18. The molecular weight excluding hydrogens is 456 g/mol. The quantitative estimate of drug-likeness (QED) is 0.218. The van der Waals surface area contributed by atoms with Crippen LogP contribution in [-0.2, 0) is 38.2 Å². The van der Waals surface area contributed by atoms with E-state index in [9.17, 15) is 28.8 Å². The van der Waals surface area contributed by atoms with Crippen molar-refractivity contribution < 1.29 is 43.0 Å². The predicted octanol–water partition coefficient (Wildman–Crippen LogP) is 0.979. The monoisotopic (exact) mass is 488 g/mol. The van der Waals surface area contributed by atoms with Gasteiger partial charge in [-0.05, 0) is 13.8 Å². The van der Waals surface area contributed by atoms with Crippen molar-refractivity contribution in [2.75, 3.05) is 32.1 Å². The van der Waals surface area contributed by atoms with Gasteiger partial charge in [-0.1, -0.05) is 25.6 Å². The molecule has 2 N–H and O–H groups in total. The van der Waals surface area contributed by atoms with E-state index in [4.69, 9.17) is 14.2 Å². The molecule has 0 bridgehead atoms. The summed E-state index contributed by atoms with van der Waals surface area (Å²) in [6.07, 6.45) is -2.03. The Labute approximate surface area is 197 Å². The van der Waals surface area contributed by atoms with Crippen molar-refractivity contribution in [3.63, 3.8) is 0 Å². The number of nitrogens with one attached hydrogen (secondary N) is 2. The number of cyclic esters (lactones) is 2. The molecule has 1 saturated heterocycles. The highest BCUT2D eigenvalue weighted by Crippen LogP contribution is 2.28. The molecule has 2 amide bonds. The standard InChI is InChI=1S/C21H32N2O9S/c1-5-30-16(26)7-6-14(24)13(2)19(28)33-11-10-22-15(25)8-9-23-18(27)17-21(3,4)12-31-20(29)32-17/h13,17H,5-12H2,1-4H3,(H,22,25)(H,23,27)/t13?,17-/m0/s1. The van der Waals surface area contributed by atoms with Crippen LogP contribution in [0.3, 0.4) is 0 Å². The summed E-state index contributed by atoms with van der Waals surface area (Å²) in [5.41, 5.74) is -0.693. The van der Waals surface area contributed by atoms with Gasteiger partial charge in [0.2, 0.25) is 5.91 Å². The summed E-state index contributed by atoms with van der Waals surface area (Å²) in [6, 6.07) is 0. The summed E-state index contributed by atoms with van der Waals surface area (Å²) in [5.74, 6) is -2.22. The molecule has 33 heavy (non-hydrogen) atoms. The molecule has 0 saturated carbocycles. The van der Waals surface area contributed by atoms with E-state index < -0.39 is 35.5 Å². The molecule has 1 aliphatic heterocycles. The first kappa shape index (κ1) is 28.4. The van der Waals surface area contributed by atoms with Crippen molar-refractivity contribution in [2.24, 2.45) is 11.3 Å². The average molecular weight is 489 g/mol. The van der Waals surface area contributed by atoms with Crippen molar-refractivity contribution in [1.82, 2.24) is 10.6 Å². The maximum atomic E-state index is 12.2. The summed E-state index contributed by atoms with van der Waals surface area (Å²) in [7, 11) is 0. The molecule has 1 aliphatic rings. The number of rotatable bonds is 13. The second kappa shape index (κ2) is 13.8. The van der Waals surface area contributed by atoms with Crippen LogP contribution < -0.4 is 10.6 Å². The molecule has 0 radical (unpaired) electrons. The maximum absolute atomic E-state index is 12.2.